The fraction of sp³-hybridized carbons (Fsp3) is 0.846. The first-order valence-electron chi connectivity index (χ1n) is 6.84. The van der Waals surface area contributed by atoms with Gasteiger partial charge in [0.25, 0.3) is 0 Å². The average Bonchev–Trinajstić information content (AvgIpc) is 2.37. The predicted octanol–water partition coefficient (Wildman–Crippen LogP) is 0.524. The zero-order valence-electron chi connectivity index (χ0n) is 12.0. The second kappa shape index (κ2) is 7.77. The minimum absolute atomic E-state index is 0.0595. The fourth-order valence-electron chi connectivity index (χ4n) is 1.99. The van der Waals surface area contributed by atoms with Gasteiger partial charge in [0.15, 0.2) is 0 Å². The van der Waals surface area contributed by atoms with Gasteiger partial charge in [-0.05, 0) is 19.3 Å². The third kappa shape index (κ3) is 5.42. The van der Waals surface area contributed by atoms with E-state index in [1.54, 1.807) is 0 Å². The van der Waals surface area contributed by atoms with Crippen LogP contribution < -0.4 is 11.1 Å². The summed E-state index contributed by atoms with van der Waals surface area (Å²) in [5.74, 6) is 0.655. The molecule has 110 valence electrons. The lowest BCUT2D eigenvalue weighted by Gasteiger charge is -2.35. The van der Waals surface area contributed by atoms with Crippen LogP contribution in [0.1, 0.15) is 27.2 Å². The van der Waals surface area contributed by atoms with Gasteiger partial charge in [-0.15, -0.1) is 0 Å². The van der Waals surface area contributed by atoms with Crippen molar-refractivity contribution in [2.24, 2.45) is 11.7 Å². The summed E-state index contributed by atoms with van der Waals surface area (Å²) in [6.07, 6.45) is 0.756. The van der Waals surface area contributed by atoms with Gasteiger partial charge in [-0.2, -0.15) is 0 Å². The maximum atomic E-state index is 12.0. The second-order valence-corrected chi connectivity index (χ2v) is 5.88. The molecule has 0 aromatic heterocycles. The lowest BCUT2D eigenvalue weighted by atomic mass is 10.1. The van der Waals surface area contributed by atoms with Crippen LogP contribution in [0, 0.1) is 5.92 Å². The summed E-state index contributed by atoms with van der Waals surface area (Å²) in [4.78, 5) is 14.5. The van der Waals surface area contributed by atoms with Crippen molar-refractivity contribution < 1.29 is 9.53 Å². The van der Waals surface area contributed by atoms with Crippen LogP contribution in [-0.2, 0) is 9.53 Å². The van der Waals surface area contributed by atoms with Crippen LogP contribution in [0.2, 0.25) is 0 Å². The molecule has 1 rings (SSSR count). The second-order valence-electron chi connectivity index (χ2n) is 5.41. The molecule has 6 heteroatoms. The van der Waals surface area contributed by atoms with Gasteiger partial charge in [0.1, 0.15) is 11.1 Å². The van der Waals surface area contributed by atoms with Gasteiger partial charge >= 0.3 is 0 Å². The van der Waals surface area contributed by atoms with Crippen molar-refractivity contribution in [2.75, 3.05) is 26.2 Å². The molecule has 2 unspecified atom stereocenters. The molecule has 0 saturated carbocycles. The van der Waals surface area contributed by atoms with Crippen LogP contribution >= 0.6 is 12.2 Å². The number of thiocarbonyl (C=S) groups is 1. The molecule has 1 fully saturated rings. The summed E-state index contributed by atoms with van der Waals surface area (Å²) < 4.78 is 5.47. The van der Waals surface area contributed by atoms with Crippen molar-refractivity contribution in [2.45, 2.75) is 39.3 Å². The van der Waals surface area contributed by atoms with E-state index in [0.717, 1.165) is 19.5 Å². The van der Waals surface area contributed by atoms with Crippen molar-refractivity contribution in [3.8, 4) is 0 Å². The van der Waals surface area contributed by atoms with E-state index >= 15 is 0 Å². The molecule has 0 aromatic carbocycles. The first-order chi connectivity index (χ1) is 8.91. The molecule has 0 aromatic rings. The van der Waals surface area contributed by atoms with Gasteiger partial charge in [-0.3, -0.25) is 9.69 Å². The molecule has 0 bridgehead atoms. The Bertz CT molecular complexity index is 323. The van der Waals surface area contributed by atoms with Gasteiger partial charge in [-0.25, -0.2) is 0 Å². The zero-order chi connectivity index (χ0) is 14.4. The SMILES string of the molecule is CC(C)CCNC(=O)C(C)N1CCOC(C(N)=S)C1. The van der Waals surface area contributed by atoms with Crippen molar-refractivity contribution >= 4 is 23.1 Å². The van der Waals surface area contributed by atoms with Gasteiger partial charge in [-0.1, -0.05) is 26.1 Å². The van der Waals surface area contributed by atoms with Crippen LogP contribution in [0.25, 0.3) is 0 Å². The van der Waals surface area contributed by atoms with Crippen molar-refractivity contribution in [3.05, 3.63) is 0 Å². The summed E-state index contributed by atoms with van der Waals surface area (Å²) in [5, 5.41) is 2.97. The number of morpholine rings is 1. The Labute approximate surface area is 120 Å². The summed E-state index contributed by atoms with van der Waals surface area (Å²) in [6.45, 7) is 8.81. The molecule has 3 N–H and O–H groups in total. The number of rotatable bonds is 6. The Balaban J connectivity index is 2.40. The molecular weight excluding hydrogens is 262 g/mol. The average molecular weight is 287 g/mol. The van der Waals surface area contributed by atoms with Crippen molar-refractivity contribution in [1.29, 1.82) is 0 Å². The number of amides is 1. The maximum absolute atomic E-state index is 12.0. The monoisotopic (exact) mass is 287 g/mol. The molecule has 1 amide bonds. The van der Waals surface area contributed by atoms with E-state index in [9.17, 15) is 4.79 Å². The molecular formula is C13H25N3O2S. The molecule has 5 nitrogen and oxygen atoms in total. The number of hydrogen-bond acceptors (Lipinski definition) is 4. The largest absolute Gasteiger partial charge is 0.391 e. The Morgan fingerprint density at radius 2 is 2.21 bits per heavy atom. The van der Waals surface area contributed by atoms with E-state index in [-0.39, 0.29) is 18.1 Å². The van der Waals surface area contributed by atoms with E-state index in [1.165, 1.54) is 0 Å². The van der Waals surface area contributed by atoms with Crippen LogP contribution in [-0.4, -0.2) is 54.2 Å². The summed E-state index contributed by atoms with van der Waals surface area (Å²) in [6, 6.07) is -0.173. The van der Waals surface area contributed by atoms with E-state index in [4.69, 9.17) is 22.7 Å². The fourth-order valence-corrected chi connectivity index (χ4v) is 2.13. The highest BCUT2D eigenvalue weighted by Crippen LogP contribution is 2.09. The zero-order valence-corrected chi connectivity index (χ0v) is 12.8. The van der Waals surface area contributed by atoms with E-state index < -0.39 is 0 Å². The highest BCUT2D eigenvalue weighted by Gasteiger charge is 2.28. The van der Waals surface area contributed by atoms with Gasteiger partial charge < -0.3 is 15.8 Å². The van der Waals surface area contributed by atoms with Crippen LogP contribution in [0.4, 0.5) is 0 Å². The predicted molar refractivity (Wildman–Crippen MR) is 80.0 cm³/mol. The number of ether oxygens (including phenoxy) is 1. The lowest BCUT2D eigenvalue weighted by molar-refractivity contribution is -0.128. The molecule has 1 aliphatic heterocycles. The van der Waals surface area contributed by atoms with Crippen molar-refractivity contribution in [3.63, 3.8) is 0 Å². The maximum Gasteiger partial charge on any atom is 0.237 e. The number of nitrogens with zero attached hydrogens (tertiary/aromatic N) is 1. The minimum Gasteiger partial charge on any atom is -0.391 e. The first-order valence-corrected chi connectivity index (χ1v) is 7.25. The van der Waals surface area contributed by atoms with Gasteiger partial charge in [0.05, 0.1) is 12.6 Å². The van der Waals surface area contributed by atoms with Gasteiger partial charge in [0.2, 0.25) is 5.91 Å². The number of nitrogens with two attached hydrogens (primary N) is 1. The molecule has 1 heterocycles. The summed E-state index contributed by atoms with van der Waals surface area (Å²) >= 11 is 4.94. The molecule has 1 aliphatic rings. The van der Waals surface area contributed by atoms with Crippen LogP contribution in [0.5, 0.6) is 0 Å². The van der Waals surface area contributed by atoms with Crippen LogP contribution in [0.15, 0.2) is 0 Å². The minimum atomic E-state index is -0.241. The topological polar surface area (TPSA) is 67.6 Å². The Morgan fingerprint density at radius 1 is 1.53 bits per heavy atom. The molecule has 0 radical (unpaired) electrons. The number of carbonyl (C=O) groups is 1. The Hall–Kier alpha value is -0.720. The molecule has 0 spiro atoms. The highest BCUT2D eigenvalue weighted by atomic mass is 32.1. The lowest BCUT2D eigenvalue weighted by Crippen LogP contribution is -2.54. The number of hydrogen-bond donors (Lipinski definition) is 2. The summed E-state index contributed by atoms with van der Waals surface area (Å²) in [5.41, 5.74) is 5.60. The first kappa shape index (κ1) is 16.3. The van der Waals surface area contributed by atoms with Crippen molar-refractivity contribution in [1.82, 2.24) is 10.2 Å². The standard InChI is InChI=1S/C13H25N3O2S/c1-9(2)4-5-15-13(17)10(3)16-6-7-18-11(8-16)12(14)19/h9-11H,4-8H2,1-3H3,(H2,14,19)(H,15,17). The molecule has 2 atom stereocenters. The third-order valence-electron chi connectivity index (χ3n) is 3.36. The normalized spacial score (nSPS) is 22.2. The molecule has 19 heavy (non-hydrogen) atoms. The smallest absolute Gasteiger partial charge is 0.237 e. The van der Waals surface area contributed by atoms with E-state index in [0.29, 0.717) is 24.1 Å². The highest BCUT2D eigenvalue weighted by molar-refractivity contribution is 7.80. The Kier molecular flexibility index (Phi) is 6.68. The van der Waals surface area contributed by atoms with E-state index in [2.05, 4.69) is 24.1 Å². The van der Waals surface area contributed by atoms with Gasteiger partial charge in [0, 0.05) is 19.6 Å². The summed E-state index contributed by atoms with van der Waals surface area (Å²) in [7, 11) is 0. The number of carbonyl (C=O) groups excluding carboxylic acids is 1. The molecule has 1 saturated heterocycles. The van der Waals surface area contributed by atoms with E-state index in [1.807, 2.05) is 6.92 Å². The number of nitrogens with one attached hydrogen (secondary N) is 1. The Morgan fingerprint density at radius 3 is 2.79 bits per heavy atom. The van der Waals surface area contributed by atoms with Crippen LogP contribution in [0.3, 0.4) is 0 Å². The quantitative estimate of drug-likeness (QED) is 0.697. The molecule has 0 aliphatic carbocycles. The third-order valence-corrected chi connectivity index (χ3v) is 3.63.